The highest BCUT2D eigenvalue weighted by atomic mass is 32.2. The highest BCUT2D eigenvalue weighted by Crippen LogP contribution is 2.28. The minimum absolute atomic E-state index is 0.358. The van der Waals surface area contributed by atoms with Gasteiger partial charge in [-0.15, -0.1) is 23.5 Å². The van der Waals surface area contributed by atoms with Gasteiger partial charge in [0.25, 0.3) is 0 Å². The van der Waals surface area contributed by atoms with Crippen molar-refractivity contribution in [3.8, 4) is 0 Å². The number of hydrogen-bond donors (Lipinski definition) is 0. The first kappa shape index (κ1) is 8.67. The summed E-state index contributed by atoms with van der Waals surface area (Å²) in [5.74, 6) is -0.358. The Kier molecular flexibility index (Phi) is 3.02. The number of nitrogens with zero attached hydrogens (tertiary/aromatic N) is 1. The van der Waals surface area contributed by atoms with Crippen LogP contribution in [0, 0.1) is 0 Å². The first-order valence-corrected chi connectivity index (χ1v) is 5.31. The van der Waals surface area contributed by atoms with Gasteiger partial charge in [-0.25, -0.2) is 4.79 Å². The van der Waals surface area contributed by atoms with Gasteiger partial charge in [0.2, 0.25) is 0 Å². The first-order chi connectivity index (χ1) is 5.29. The molecule has 0 aromatic heterocycles. The maximum atomic E-state index is 10.9. The molecule has 11 heavy (non-hydrogen) atoms. The van der Waals surface area contributed by atoms with E-state index in [9.17, 15) is 4.79 Å². The van der Waals surface area contributed by atoms with Crippen molar-refractivity contribution in [2.24, 2.45) is 5.16 Å². The van der Waals surface area contributed by atoms with Crippen LogP contribution < -0.4 is 0 Å². The summed E-state index contributed by atoms with van der Waals surface area (Å²) in [6, 6.07) is 0. The molecule has 0 amide bonds. The lowest BCUT2D eigenvalue weighted by atomic mass is 10.3. The molecule has 3 nitrogen and oxygen atoms in total. The van der Waals surface area contributed by atoms with Crippen LogP contribution in [0.2, 0.25) is 0 Å². The van der Waals surface area contributed by atoms with Crippen molar-refractivity contribution >= 4 is 35.7 Å². The molecule has 1 aliphatic rings. The Morgan fingerprint density at radius 1 is 1.55 bits per heavy atom. The number of rotatable bonds is 2. The summed E-state index contributed by atoms with van der Waals surface area (Å²) in [4.78, 5) is 15.3. The summed E-state index contributed by atoms with van der Waals surface area (Å²) >= 11 is 3.04. The molecule has 1 heterocycles. The van der Waals surface area contributed by atoms with E-state index in [-0.39, 0.29) is 5.97 Å². The quantitative estimate of drug-likeness (QED) is 0.487. The molecule has 0 atom stereocenters. The fourth-order valence-electron chi connectivity index (χ4n) is 0.668. The first-order valence-electron chi connectivity index (χ1n) is 2.86. The van der Waals surface area contributed by atoms with Gasteiger partial charge in [0.05, 0.1) is 10.5 Å². The zero-order valence-corrected chi connectivity index (χ0v) is 7.79. The number of oxime groups is 1. The largest absolute Gasteiger partial charge is 0.369 e. The van der Waals surface area contributed by atoms with Crippen molar-refractivity contribution in [3.63, 3.8) is 0 Å². The standard InChI is InChI=1S/C6H7NO2S2/c1-10-6(11-2)4-3-7-9-5(4)8/h3H,1-2H3. The van der Waals surface area contributed by atoms with Crippen molar-refractivity contribution in [1.82, 2.24) is 0 Å². The maximum absolute atomic E-state index is 10.9. The van der Waals surface area contributed by atoms with Gasteiger partial charge in [-0.3, -0.25) is 0 Å². The van der Waals surface area contributed by atoms with Crippen LogP contribution >= 0.6 is 23.5 Å². The van der Waals surface area contributed by atoms with Crippen LogP contribution in [0.5, 0.6) is 0 Å². The van der Waals surface area contributed by atoms with Gasteiger partial charge in [-0.2, -0.15) is 0 Å². The molecule has 0 saturated carbocycles. The Balaban J connectivity index is 2.91. The second kappa shape index (κ2) is 3.82. The lowest BCUT2D eigenvalue weighted by molar-refractivity contribution is -0.136. The third kappa shape index (κ3) is 1.78. The normalized spacial score (nSPS) is 15.5. The molecule has 0 aromatic carbocycles. The Hall–Kier alpha value is -0.420. The molecule has 0 radical (unpaired) electrons. The summed E-state index contributed by atoms with van der Waals surface area (Å²) in [6.45, 7) is 0. The molecule has 0 aromatic rings. The summed E-state index contributed by atoms with van der Waals surface area (Å²) in [7, 11) is 0. The van der Waals surface area contributed by atoms with Crippen molar-refractivity contribution in [3.05, 3.63) is 9.81 Å². The van der Waals surface area contributed by atoms with Gasteiger partial charge in [0.1, 0.15) is 5.57 Å². The summed E-state index contributed by atoms with van der Waals surface area (Å²) in [5.41, 5.74) is 0.560. The molecule has 5 heteroatoms. The highest BCUT2D eigenvalue weighted by Gasteiger charge is 2.19. The summed E-state index contributed by atoms with van der Waals surface area (Å²) in [6.07, 6.45) is 5.28. The van der Waals surface area contributed by atoms with E-state index in [1.807, 2.05) is 12.5 Å². The molecule has 0 bridgehead atoms. The van der Waals surface area contributed by atoms with Gasteiger partial charge >= 0.3 is 5.97 Å². The fourth-order valence-corrected chi connectivity index (χ4v) is 2.05. The van der Waals surface area contributed by atoms with Crippen LogP contribution in [-0.2, 0) is 9.63 Å². The molecule has 0 fully saturated rings. The average molecular weight is 189 g/mol. The Morgan fingerprint density at radius 3 is 2.55 bits per heavy atom. The van der Waals surface area contributed by atoms with E-state index in [0.717, 1.165) is 4.24 Å². The van der Waals surface area contributed by atoms with Crippen molar-refractivity contribution in [1.29, 1.82) is 0 Å². The fraction of sp³-hybridized carbons (Fsp3) is 0.333. The monoisotopic (exact) mass is 189 g/mol. The number of hydrogen-bond acceptors (Lipinski definition) is 5. The third-order valence-corrected chi connectivity index (χ3v) is 3.31. The van der Waals surface area contributed by atoms with Gasteiger partial charge in [0.15, 0.2) is 0 Å². The van der Waals surface area contributed by atoms with E-state index in [4.69, 9.17) is 0 Å². The lowest BCUT2D eigenvalue weighted by Crippen LogP contribution is -1.98. The zero-order chi connectivity index (χ0) is 8.27. The number of carbonyl (C=O) groups excluding carboxylic acids is 1. The molecule has 60 valence electrons. The van der Waals surface area contributed by atoms with Gasteiger partial charge in [-0.05, 0) is 12.5 Å². The second-order valence-electron chi connectivity index (χ2n) is 1.72. The Bertz CT molecular complexity index is 229. The SMILES string of the molecule is CSC(SC)=C1C=NOC1=O. The van der Waals surface area contributed by atoms with Crippen LogP contribution in [0.3, 0.4) is 0 Å². The van der Waals surface area contributed by atoms with Crippen LogP contribution in [-0.4, -0.2) is 24.7 Å². The van der Waals surface area contributed by atoms with Gasteiger partial charge in [0, 0.05) is 0 Å². The van der Waals surface area contributed by atoms with Gasteiger partial charge < -0.3 is 4.84 Å². The van der Waals surface area contributed by atoms with Crippen molar-refractivity contribution < 1.29 is 9.63 Å². The molecule has 0 aliphatic carbocycles. The molecule has 0 unspecified atom stereocenters. The molecule has 0 saturated heterocycles. The van der Waals surface area contributed by atoms with Crippen LogP contribution in [0.4, 0.5) is 0 Å². The number of carbonyl (C=O) groups is 1. The molecule has 1 rings (SSSR count). The maximum Gasteiger partial charge on any atom is 0.369 e. The topological polar surface area (TPSA) is 38.7 Å². The van der Waals surface area contributed by atoms with Crippen LogP contribution in [0.1, 0.15) is 0 Å². The smallest absolute Gasteiger partial charge is 0.313 e. The molecular formula is C6H7NO2S2. The minimum atomic E-state index is -0.358. The van der Waals surface area contributed by atoms with Crippen molar-refractivity contribution in [2.75, 3.05) is 12.5 Å². The predicted octanol–water partition coefficient (Wildman–Crippen LogP) is 1.47. The van der Waals surface area contributed by atoms with E-state index in [2.05, 4.69) is 9.99 Å². The van der Waals surface area contributed by atoms with E-state index < -0.39 is 0 Å². The molecular weight excluding hydrogens is 182 g/mol. The van der Waals surface area contributed by atoms with E-state index in [1.165, 1.54) is 29.7 Å². The predicted molar refractivity (Wildman–Crippen MR) is 48.6 cm³/mol. The zero-order valence-electron chi connectivity index (χ0n) is 6.16. The lowest BCUT2D eigenvalue weighted by Gasteiger charge is -1.98. The number of thioether (sulfide) groups is 2. The van der Waals surface area contributed by atoms with E-state index in [1.54, 1.807) is 0 Å². The Labute approximate surface area is 73.2 Å². The Morgan fingerprint density at radius 2 is 2.18 bits per heavy atom. The van der Waals surface area contributed by atoms with Crippen molar-refractivity contribution in [2.45, 2.75) is 0 Å². The van der Waals surface area contributed by atoms with E-state index in [0.29, 0.717) is 5.57 Å². The van der Waals surface area contributed by atoms with Crippen LogP contribution in [0.15, 0.2) is 15.0 Å². The van der Waals surface area contributed by atoms with Gasteiger partial charge in [-0.1, -0.05) is 5.16 Å². The minimum Gasteiger partial charge on any atom is -0.313 e. The van der Waals surface area contributed by atoms with Crippen LogP contribution in [0.25, 0.3) is 0 Å². The summed E-state index contributed by atoms with van der Waals surface area (Å²) in [5, 5.41) is 3.40. The molecule has 0 N–H and O–H groups in total. The average Bonchev–Trinajstić information content (AvgIpc) is 2.40. The molecule has 0 spiro atoms. The molecule has 1 aliphatic heterocycles. The van der Waals surface area contributed by atoms with E-state index >= 15 is 0 Å². The third-order valence-electron chi connectivity index (χ3n) is 1.13. The second-order valence-corrected chi connectivity index (χ2v) is 3.61. The summed E-state index contributed by atoms with van der Waals surface area (Å²) < 4.78 is 0.941. The highest BCUT2D eigenvalue weighted by molar-refractivity contribution is 8.21.